The zero-order valence-electron chi connectivity index (χ0n) is 5.47. The fraction of sp³-hybridized carbons (Fsp3) is 1.00. The molecule has 0 aliphatic rings. The predicted octanol–water partition coefficient (Wildman–Crippen LogP) is -0.732. The summed E-state index contributed by atoms with van der Waals surface area (Å²) in [6.45, 7) is 2.66. The van der Waals surface area contributed by atoms with Gasteiger partial charge in [-0.05, 0) is 13.8 Å². The van der Waals surface area contributed by atoms with Crippen LogP contribution in [0.15, 0.2) is 0 Å². The Balaban J connectivity index is 4.46. The van der Waals surface area contributed by atoms with Crippen LogP contribution >= 0.6 is 0 Å². The van der Waals surface area contributed by atoms with Crippen molar-refractivity contribution in [2.24, 2.45) is 0 Å². The maximum atomic E-state index is 10.5. The second-order valence-electron chi connectivity index (χ2n) is 1.84. The number of hydrogen-bond donors (Lipinski definition) is 1. The molecule has 0 unspecified atom stereocenters. The summed E-state index contributed by atoms with van der Waals surface area (Å²) < 4.78 is 44.2. The predicted molar refractivity (Wildman–Crippen MR) is 35.5 cm³/mol. The van der Waals surface area contributed by atoms with Gasteiger partial charge >= 0.3 is 0 Å². The van der Waals surface area contributed by atoms with Crippen molar-refractivity contribution in [1.82, 2.24) is 0 Å². The Hall–Kier alpha value is -0.140. The summed E-state index contributed by atoms with van der Waals surface area (Å²) in [7, 11) is -7.20. The first kappa shape index (κ1) is 9.86. The summed E-state index contributed by atoms with van der Waals surface area (Å²) in [4.78, 5) is 0. The van der Waals surface area contributed by atoms with Crippen molar-refractivity contribution < 1.29 is 20.5 Å². The topological polar surface area (TPSA) is 77.5 Å². The zero-order chi connectivity index (χ0) is 8.36. The van der Waals surface area contributed by atoms with Gasteiger partial charge in [0.05, 0.1) is 5.25 Å². The summed E-state index contributed by atoms with van der Waals surface area (Å²) in [5.41, 5.74) is 0. The van der Waals surface area contributed by atoms with E-state index >= 15 is 0 Å². The molecule has 0 aromatic heterocycles. The van der Waals surface area contributed by atoms with Crippen LogP contribution in [0, 0.1) is 0 Å². The summed E-state index contributed by atoms with van der Waals surface area (Å²) in [5, 5.41) is -0.833. The molecule has 0 aromatic carbocycles. The maximum absolute atomic E-state index is 10.5. The lowest BCUT2D eigenvalue weighted by Gasteiger charge is -2.00. The molecule has 0 aliphatic heterocycles. The van der Waals surface area contributed by atoms with Crippen molar-refractivity contribution >= 4 is 21.1 Å². The summed E-state index contributed by atoms with van der Waals surface area (Å²) >= 11 is 0. The van der Waals surface area contributed by atoms with Crippen molar-refractivity contribution in [3.8, 4) is 0 Å². The SMILES string of the molecule is CC(C)S(=O)(=O)O[SH](=O)=O. The molecule has 5 nitrogen and oxygen atoms in total. The third kappa shape index (κ3) is 3.14. The molecule has 0 spiro atoms. The maximum Gasteiger partial charge on any atom is 0.283 e. The van der Waals surface area contributed by atoms with E-state index in [1.165, 1.54) is 13.8 Å². The molecule has 0 fully saturated rings. The van der Waals surface area contributed by atoms with E-state index in [-0.39, 0.29) is 0 Å². The van der Waals surface area contributed by atoms with Gasteiger partial charge in [0.15, 0.2) is 0 Å². The number of rotatable bonds is 3. The van der Waals surface area contributed by atoms with Gasteiger partial charge in [-0.1, -0.05) is 0 Å². The second kappa shape index (κ2) is 3.31. The Bertz CT molecular complexity index is 251. The van der Waals surface area contributed by atoms with E-state index in [1.54, 1.807) is 0 Å². The van der Waals surface area contributed by atoms with Gasteiger partial charge < -0.3 is 0 Å². The lowest BCUT2D eigenvalue weighted by Crippen LogP contribution is -2.16. The third-order valence-corrected chi connectivity index (χ3v) is 3.21. The lowest BCUT2D eigenvalue weighted by molar-refractivity contribution is 0.470. The molecule has 0 radical (unpaired) electrons. The number of hydrogen-bond acceptors (Lipinski definition) is 5. The van der Waals surface area contributed by atoms with Gasteiger partial charge in [0.1, 0.15) is 0 Å². The monoisotopic (exact) mass is 188 g/mol. The smallest absolute Gasteiger partial charge is 0.201 e. The molecule has 0 saturated carbocycles. The van der Waals surface area contributed by atoms with Crippen molar-refractivity contribution in [3.63, 3.8) is 0 Å². The quantitative estimate of drug-likeness (QED) is 0.591. The Labute approximate surface area is 61.3 Å². The van der Waals surface area contributed by atoms with Crippen LogP contribution in [0.3, 0.4) is 0 Å². The van der Waals surface area contributed by atoms with Gasteiger partial charge in [-0.3, -0.25) is 0 Å². The highest BCUT2D eigenvalue weighted by molar-refractivity contribution is 7.93. The first-order valence-corrected chi connectivity index (χ1v) is 5.00. The minimum absolute atomic E-state index is 0.833. The average molecular weight is 188 g/mol. The minimum atomic E-state index is -3.89. The Morgan fingerprint density at radius 3 is 1.80 bits per heavy atom. The fourth-order valence-corrected chi connectivity index (χ4v) is 1.54. The molecule has 0 N–H and O–H groups in total. The van der Waals surface area contributed by atoms with Gasteiger partial charge in [-0.25, -0.2) is 8.42 Å². The van der Waals surface area contributed by atoms with E-state index in [1.807, 2.05) is 0 Å². The average Bonchev–Trinajstić information content (AvgIpc) is 1.60. The van der Waals surface area contributed by atoms with Crippen LogP contribution in [0.5, 0.6) is 0 Å². The molecule has 10 heavy (non-hydrogen) atoms. The van der Waals surface area contributed by atoms with E-state index in [0.717, 1.165) is 0 Å². The fourth-order valence-electron chi connectivity index (χ4n) is 0.171. The van der Waals surface area contributed by atoms with Gasteiger partial charge in [0.2, 0.25) is 0 Å². The van der Waals surface area contributed by atoms with E-state index in [0.29, 0.717) is 0 Å². The molecule has 0 aromatic rings. The summed E-state index contributed by atoms with van der Waals surface area (Å²) in [6, 6.07) is 0. The van der Waals surface area contributed by atoms with Crippen molar-refractivity contribution in [3.05, 3.63) is 0 Å². The molecular weight excluding hydrogens is 180 g/mol. The Morgan fingerprint density at radius 1 is 1.30 bits per heavy atom. The number of thiol groups is 1. The van der Waals surface area contributed by atoms with Crippen LogP contribution in [0.25, 0.3) is 0 Å². The van der Waals surface area contributed by atoms with Gasteiger partial charge in [0, 0.05) is 0 Å². The van der Waals surface area contributed by atoms with Crippen LogP contribution in [0.4, 0.5) is 0 Å². The highest BCUT2D eigenvalue weighted by atomic mass is 32.3. The van der Waals surface area contributed by atoms with Crippen molar-refractivity contribution in [1.29, 1.82) is 0 Å². The molecule has 62 valence electrons. The van der Waals surface area contributed by atoms with Crippen LogP contribution in [0.2, 0.25) is 0 Å². The summed E-state index contributed by atoms with van der Waals surface area (Å²) in [5.74, 6) is 0. The van der Waals surface area contributed by atoms with Crippen molar-refractivity contribution in [2.45, 2.75) is 19.1 Å². The third-order valence-electron chi connectivity index (χ3n) is 0.742. The molecule has 0 aliphatic carbocycles. The molecule has 0 saturated heterocycles. The van der Waals surface area contributed by atoms with Crippen LogP contribution in [-0.2, 0) is 24.7 Å². The molecular formula is C3H8O5S2. The van der Waals surface area contributed by atoms with Crippen LogP contribution < -0.4 is 0 Å². The minimum Gasteiger partial charge on any atom is -0.201 e. The Kier molecular flexibility index (Phi) is 3.26. The van der Waals surface area contributed by atoms with E-state index < -0.39 is 26.4 Å². The molecule has 0 bridgehead atoms. The van der Waals surface area contributed by atoms with E-state index in [2.05, 4.69) is 3.63 Å². The first-order valence-electron chi connectivity index (χ1n) is 2.44. The van der Waals surface area contributed by atoms with E-state index in [4.69, 9.17) is 0 Å². The molecule has 0 heterocycles. The van der Waals surface area contributed by atoms with Gasteiger partial charge in [0.25, 0.3) is 21.1 Å². The van der Waals surface area contributed by atoms with Crippen molar-refractivity contribution in [2.75, 3.05) is 0 Å². The normalized spacial score (nSPS) is 12.8. The molecule has 0 amide bonds. The Morgan fingerprint density at radius 2 is 1.70 bits per heavy atom. The summed E-state index contributed by atoms with van der Waals surface area (Å²) in [6.07, 6.45) is 0. The molecule has 7 heteroatoms. The molecule has 0 rings (SSSR count). The van der Waals surface area contributed by atoms with E-state index in [9.17, 15) is 16.8 Å². The zero-order valence-corrected chi connectivity index (χ0v) is 7.18. The van der Waals surface area contributed by atoms with Gasteiger partial charge in [-0.2, -0.15) is 8.42 Å². The van der Waals surface area contributed by atoms with Gasteiger partial charge in [-0.15, -0.1) is 3.63 Å². The first-order chi connectivity index (χ1) is 4.36. The highest BCUT2D eigenvalue weighted by Crippen LogP contribution is 2.01. The lowest BCUT2D eigenvalue weighted by atomic mass is 10.6. The highest BCUT2D eigenvalue weighted by Gasteiger charge is 2.17. The van der Waals surface area contributed by atoms with Crippen LogP contribution in [0.1, 0.15) is 13.8 Å². The second-order valence-corrected chi connectivity index (χ2v) is 4.81. The standard InChI is InChI=1S/C3H8O5S2/c1-3(2)10(6,7)8-9(4)5/h3,9H,1-2H3. The largest absolute Gasteiger partial charge is 0.283 e. The van der Waals surface area contributed by atoms with Crippen LogP contribution in [-0.4, -0.2) is 22.1 Å². The molecule has 0 atom stereocenters.